The fraction of sp³-hybridized carbons (Fsp3) is 0.385. The molecule has 2 amide bonds. The van der Waals surface area contributed by atoms with Crippen molar-refractivity contribution in [3.8, 4) is 0 Å². The summed E-state index contributed by atoms with van der Waals surface area (Å²) in [6.45, 7) is 6.92. The third-order valence-electron chi connectivity index (χ3n) is 5.89. The number of nitrogens with two attached hydrogens (primary N) is 1. The fourth-order valence-electron chi connectivity index (χ4n) is 4.26. The van der Waals surface area contributed by atoms with Gasteiger partial charge in [0.15, 0.2) is 0 Å². The molecule has 6 heteroatoms. The second-order valence-corrected chi connectivity index (χ2v) is 9.48. The van der Waals surface area contributed by atoms with Gasteiger partial charge in [-0.3, -0.25) is 4.79 Å². The molecule has 1 aromatic carbocycles. The lowest BCUT2D eigenvalue weighted by Gasteiger charge is -2.31. The fourth-order valence-corrected chi connectivity index (χ4v) is 4.26. The molecule has 1 fully saturated rings. The highest BCUT2D eigenvalue weighted by Gasteiger charge is 2.25. The van der Waals surface area contributed by atoms with Gasteiger partial charge in [-0.2, -0.15) is 0 Å². The van der Waals surface area contributed by atoms with Gasteiger partial charge in [0.2, 0.25) is 0 Å². The van der Waals surface area contributed by atoms with Crippen molar-refractivity contribution < 1.29 is 14.3 Å². The average Bonchev–Trinajstić information content (AvgIpc) is 3.15. The van der Waals surface area contributed by atoms with Gasteiger partial charge in [0.25, 0.3) is 5.91 Å². The van der Waals surface area contributed by atoms with Crippen LogP contribution in [0.25, 0.3) is 22.6 Å². The Morgan fingerprint density at radius 1 is 1.16 bits per heavy atom. The number of benzene rings is 1. The summed E-state index contributed by atoms with van der Waals surface area (Å²) in [5, 5.41) is 0.994. The van der Waals surface area contributed by atoms with Crippen molar-refractivity contribution >= 4 is 34.6 Å². The molecule has 2 heterocycles. The molecule has 0 bridgehead atoms. The van der Waals surface area contributed by atoms with E-state index in [1.165, 1.54) is 11.1 Å². The van der Waals surface area contributed by atoms with Crippen molar-refractivity contribution in [2.45, 2.75) is 52.1 Å². The number of fused-ring (bicyclic) bond motifs is 1. The summed E-state index contributed by atoms with van der Waals surface area (Å²) in [5.74, 6) is -0.435. The number of ether oxygens (including phenoxy) is 1. The van der Waals surface area contributed by atoms with E-state index in [9.17, 15) is 9.59 Å². The molecule has 0 unspecified atom stereocenters. The first-order valence-corrected chi connectivity index (χ1v) is 11.2. The largest absolute Gasteiger partial charge is 0.444 e. The van der Waals surface area contributed by atoms with E-state index in [1.54, 1.807) is 4.90 Å². The van der Waals surface area contributed by atoms with Gasteiger partial charge in [0.1, 0.15) is 5.60 Å². The van der Waals surface area contributed by atoms with Gasteiger partial charge in [-0.15, -0.1) is 0 Å². The number of carbonyl (C=O) groups is 2. The number of nitrogens with zero attached hydrogens (tertiary/aromatic N) is 1. The highest BCUT2D eigenvalue weighted by atomic mass is 16.6. The van der Waals surface area contributed by atoms with Crippen molar-refractivity contribution in [2.75, 3.05) is 13.1 Å². The zero-order valence-corrected chi connectivity index (χ0v) is 19.0. The van der Waals surface area contributed by atoms with E-state index in [-0.39, 0.29) is 6.09 Å². The number of likely N-dealkylation sites (tertiary alicyclic amines) is 1. The van der Waals surface area contributed by atoms with Crippen LogP contribution in [0, 0.1) is 0 Å². The Labute approximate surface area is 188 Å². The monoisotopic (exact) mass is 433 g/mol. The van der Waals surface area contributed by atoms with Crippen molar-refractivity contribution in [3.63, 3.8) is 0 Å². The number of allylic oxidation sites excluding steroid dienone is 4. The Bertz CT molecular complexity index is 1140. The summed E-state index contributed by atoms with van der Waals surface area (Å²) in [4.78, 5) is 29.5. The number of primary amides is 1. The Kier molecular flexibility index (Phi) is 5.96. The van der Waals surface area contributed by atoms with E-state index in [2.05, 4.69) is 35.4 Å². The number of amides is 2. The number of hydrogen-bond donors (Lipinski definition) is 2. The minimum Gasteiger partial charge on any atom is -0.444 e. The SMILES string of the molecule is CC(C)(C)OC(=O)N1CCC(=Cc2c[nH]c3c(C(N)=O)cc(C4=CC=CCC4)cc23)CC1. The maximum atomic E-state index is 12.3. The molecule has 4 rings (SSSR count). The van der Waals surface area contributed by atoms with Gasteiger partial charge in [-0.25, -0.2) is 4.79 Å². The molecule has 1 saturated heterocycles. The van der Waals surface area contributed by atoms with Gasteiger partial charge >= 0.3 is 6.09 Å². The van der Waals surface area contributed by atoms with Crippen LogP contribution >= 0.6 is 0 Å². The van der Waals surface area contributed by atoms with E-state index in [0.29, 0.717) is 18.7 Å². The number of H-pyrrole nitrogens is 1. The molecular formula is C26H31N3O3. The van der Waals surface area contributed by atoms with Crippen LogP contribution in [-0.2, 0) is 4.74 Å². The van der Waals surface area contributed by atoms with E-state index >= 15 is 0 Å². The van der Waals surface area contributed by atoms with Gasteiger partial charge in [0.05, 0.1) is 11.1 Å². The number of aromatic amines is 1. The van der Waals surface area contributed by atoms with Gasteiger partial charge < -0.3 is 20.4 Å². The minimum absolute atomic E-state index is 0.255. The predicted octanol–water partition coefficient (Wildman–Crippen LogP) is 5.41. The Morgan fingerprint density at radius 3 is 2.53 bits per heavy atom. The first kappa shape index (κ1) is 21.9. The Hall–Kier alpha value is -3.28. The van der Waals surface area contributed by atoms with Crippen molar-refractivity contribution in [3.05, 3.63) is 58.8 Å². The molecule has 1 aliphatic carbocycles. The maximum absolute atomic E-state index is 12.3. The van der Waals surface area contributed by atoms with Crippen LogP contribution in [0.5, 0.6) is 0 Å². The van der Waals surface area contributed by atoms with Crippen molar-refractivity contribution in [1.29, 1.82) is 0 Å². The first-order valence-electron chi connectivity index (χ1n) is 11.2. The number of aromatic nitrogens is 1. The van der Waals surface area contributed by atoms with Crippen LogP contribution in [0.15, 0.2) is 42.1 Å². The standard InChI is InChI=1S/C26H31N3O3/c1-26(2,3)32-25(31)29-11-9-17(10-12-29)13-20-16-28-23-21(20)14-19(15-22(23)24(27)30)18-7-5-4-6-8-18/h4-5,7,13-16,28H,6,8-12H2,1-3H3,(H2,27,30). The molecule has 3 N–H and O–H groups in total. The lowest BCUT2D eigenvalue weighted by atomic mass is 9.93. The second-order valence-electron chi connectivity index (χ2n) is 9.48. The minimum atomic E-state index is -0.489. The second kappa shape index (κ2) is 8.69. The number of nitrogens with one attached hydrogen (secondary N) is 1. The molecular weight excluding hydrogens is 402 g/mol. The summed E-state index contributed by atoms with van der Waals surface area (Å²) < 4.78 is 5.49. The van der Waals surface area contributed by atoms with E-state index < -0.39 is 11.5 Å². The number of rotatable bonds is 3. The molecule has 0 saturated carbocycles. The van der Waals surface area contributed by atoms with Gasteiger partial charge in [-0.05, 0) is 75.3 Å². The molecule has 0 spiro atoms. The molecule has 168 valence electrons. The molecule has 2 aliphatic rings. The third-order valence-corrected chi connectivity index (χ3v) is 5.89. The smallest absolute Gasteiger partial charge is 0.410 e. The molecule has 1 aliphatic heterocycles. The van der Waals surface area contributed by atoms with E-state index in [0.717, 1.165) is 47.7 Å². The maximum Gasteiger partial charge on any atom is 0.410 e. The Balaban J connectivity index is 1.60. The molecule has 1 aromatic heterocycles. The van der Waals surface area contributed by atoms with Crippen LogP contribution in [-0.4, -0.2) is 40.6 Å². The van der Waals surface area contributed by atoms with Crippen LogP contribution in [0.1, 0.15) is 67.9 Å². The molecule has 0 atom stereocenters. The highest BCUT2D eigenvalue weighted by Crippen LogP contribution is 2.32. The summed E-state index contributed by atoms with van der Waals surface area (Å²) in [6, 6.07) is 4.04. The number of carbonyl (C=O) groups excluding carboxylic acids is 2. The quantitative estimate of drug-likeness (QED) is 0.678. The third kappa shape index (κ3) is 4.79. The van der Waals surface area contributed by atoms with Crippen LogP contribution in [0.4, 0.5) is 4.79 Å². The highest BCUT2D eigenvalue weighted by molar-refractivity contribution is 6.08. The van der Waals surface area contributed by atoms with Gasteiger partial charge in [0, 0.05) is 24.7 Å². The van der Waals surface area contributed by atoms with Gasteiger partial charge in [-0.1, -0.05) is 29.9 Å². The predicted molar refractivity (Wildman–Crippen MR) is 128 cm³/mol. The summed E-state index contributed by atoms with van der Waals surface area (Å²) in [6.07, 6.45) is 13.7. The lowest BCUT2D eigenvalue weighted by Crippen LogP contribution is -2.40. The topological polar surface area (TPSA) is 88.4 Å². The van der Waals surface area contributed by atoms with E-state index in [4.69, 9.17) is 10.5 Å². The zero-order valence-electron chi connectivity index (χ0n) is 19.0. The molecule has 0 radical (unpaired) electrons. The summed E-state index contributed by atoms with van der Waals surface area (Å²) in [7, 11) is 0. The first-order chi connectivity index (χ1) is 15.2. The van der Waals surface area contributed by atoms with Crippen LogP contribution in [0.3, 0.4) is 0 Å². The van der Waals surface area contributed by atoms with Crippen molar-refractivity contribution in [2.24, 2.45) is 5.73 Å². The zero-order chi connectivity index (χ0) is 22.9. The summed E-state index contributed by atoms with van der Waals surface area (Å²) >= 11 is 0. The summed E-state index contributed by atoms with van der Waals surface area (Å²) in [5.41, 5.74) is 11.1. The van der Waals surface area contributed by atoms with Crippen LogP contribution in [0.2, 0.25) is 0 Å². The van der Waals surface area contributed by atoms with E-state index in [1.807, 2.05) is 33.0 Å². The average molecular weight is 434 g/mol. The number of hydrogen-bond acceptors (Lipinski definition) is 3. The number of piperidine rings is 1. The lowest BCUT2D eigenvalue weighted by molar-refractivity contribution is 0.0236. The molecule has 2 aromatic rings. The normalized spacial score (nSPS) is 16.8. The molecule has 6 nitrogen and oxygen atoms in total. The Morgan fingerprint density at radius 2 is 1.91 bits per heavy atom. The van der Waals surface area contributed by atoms with Crippen molar-refractivity contribution in [1.82, 2.24) is 9.88 Å². The molecule has 32 heavy (non-hydrogen) atoms. The van der Waals surface area contributed by atoms with Crippen LogP contribution < -0.4 is 5.73 Å².